The molecule has 2 aromatic carbocycles. The Morgan fingerprint density at radius 2 is 1.79 bits per heavy atom. The standard InChI is InChI=1S/C24H29N3O2/c1-7-29-22-9-8-15(2)12-21(22)19(6)26-14-20(13-25)24(28)27-23-17(4)10-16(3)11-18(23)5/h8-12,14,19,26H,7H2,1-6H3,(H,27,28)/b20-14-. The maximum absolute atomic E-state index is 12.6. The first kappa shape index (κ1) is 22.0. The summed E-state index contributed by atoms with van der Waals surface area (Å²) in [6.45, 7) is 12.4. The van der Waals surface area contributed by atoms with Gasteiger partial charge in [-0.15, -0.1) is 0 Å². The number of amides is 1. The van der Waals surface area contributed by atoms with Crippen molar-refractivity contribution in [1.82, 2.24) is 5.32 Å². The van der Waals surface area contributed by atoms with E-state index in [-0.39, 0.29) is 11.6 Å². The molecule has 0 aliphatic carbocycles. The van der Waals surface area contributed by atoms with Gasteiger partial charge in [0.15, 0.2) is 0 Å². The van der Waals surface area contributed by atoms with Crippen molar-refractivity contribution in [3.05, 3.63) is 69.9 Å². The molecule has 0 aliphatic heterocycles. The molecular weight excluding hydrogens is 362 g/mol. The normalized spacial score (nSPS) is 12.1. The lowest BCUT2D eigenvalue weighted by Gasteiger charge is -2.18. The number of carbonyl (C=O) groups is 1. The molecule has 0 fully saturated rings. The Balaban J connectivity index is 2.19. The summed E-state index contributed by atoms with van der Waals surface area (Å²) in [6, 6.07) is 11.8. The van der Waals surface area contributed by atoms with Crippen molar-refractivity contribution in [2.75, 3.05) is 11.9 Å². The molecule has 2 rings (SSSR count). The van der Waals surface area contributed by atoms with E-state index in [2.05, 4.69) is 10.6 Å². The largest absolute Gasteiger partial charge is 0.494 e. The average molecular weight is 392 g/mol. The molecule has 1 atom stereocenters. The van der Waals surface area contributed by atoms with Crippen LogP contribution in [0.1, 0.15) is 47.7 Å². The van der Waals surface area contributed by atoms with E-state index in [9.17, 15) is 10.1 Å². The predicted molar refractivity (Wildman–Crippen MR) is 117 cm³/mol. The lowest BCUT2D eigenvalue weighted by molar-refractivity contribution is -0.112. The summed E-state index contributed by atoms with van der Waals surface area (Å²) in [5, 5.41) is 15.5. The fourth-order valence-electron chi connectivity index (χ4n) is 3.30. The van der Waals surface area contributed by atoms with E-state index in [1.165, 1.54) is 6.20 Å². The van der Waals surface area contributed by atoms with Gasteiger partial charge in [-0.3, -0.25) is 4.79 Å². The molecule has 0 saturated carbocycles. The second-order valence-corrected chi connectivity index (χ2v) is 7.26. The molecule has 0 spiro atoms. The SMILES string of the molecule is CCOc1ccc(C)cc1C(C)N/C=C(/C#N)C(=O)Nc1c(C)cc(C)cc1C. The molecule has 152 valence electrons. The van der Waals surface area contributed by atoms with Crippen molar-refractivity contribution in [3.8, 4) is 11.8 Å². The quantitative estimate of drug-likeness (QED) is 0.514. The van der Waals surface area contributed by atoms with Gasteiger partial charge in [-0.25, -0.2) is 0 Å². The van der Waals surface area contributed by atoms with Crippen molar-refractivity contribution in [1.29, 1.82) is 5.26 Å². The molecule has 1 unspecified atom stereocenters. The predicted octanol–water partition coefficient (Wildman–Crippen LogP) is 5.02. The van der Waals surface area contributed by atoms with Gasteiger partial charge in [0, 0.05) is 17.5 Å². The zero-order valence-electron chi connectivity index (χ0n) is 18.0. The summed E-state index contributed by atoms with van der Waals surface area (Å²) in [5.74, 6) is 0.358. The lowest BCUT2D eigenvalue weighted by atomic mass is 10.0. The first-order valence-electron chi connectivity index (χ1n) is 9.75. The van der Waals surface area contributed by atoms with Gasteiger partial charge in [0.05, 0.1) is 12.6 Å². The van der Waals surface area contributed by atoms with Crippen LogP contribution in [-0.4, -0.2) is 12.5 Å². The molecule has 0 saturated heterocycles. The van der Waals surface area contributed by atoms with E-state index in [1.54, 1.807) is 0 Å². The van der Waals surface area contributed by atoms with Crippen molar-refractivity contribution < 1.29 is 9.53 Å². The van der Waals surface area contributed by atoms with Crippen LogP contribution in [0.25, 0.3) is 0 Å². The third kappa shape index (κ3) is 5.61. The Hall–Kier alpha value is -3.26. The number of carbonyl (C=O) groups excluding carboxylic acids is 1. The number of nitriles is 1. The fourth-order valence-corrected chi connectivity index (χ4v) is 3.30. The number of nitrogens with one attached hydrogen (secondary N) is 2. The molecule has 0 aromatic heterocycles. The topological polar surface area (TPSA) is 74.1 Å². The van der Waals surface area contributed by atoms with E-state index in [0.717, 1.165) is 39.3 Å². The first-order valence-corrected chi connectivity index (χ1v) is 9.75. The number of benzene rings is 2. The summed E-state index contributed by atoms with van der Waals surface area (Å²) in [5.41, 5.74) is 5.92. The molecule has 2 aromatic rings. The van der Waals surface area contributed by atoms with E-state index in [0.29, 0.717) is 6.61 Å². The number of rotatable bonds is 7. The lowest BCUT2D eigenvalue weighted by Crippen LogP contribution is -2.20. The minimum atomic E-state index is -0.434. The smallest absolute Gasteiger partial charge is 0.267 e. The number of hydrogen-bond acceptors (Lipinski definition) is 4. The van der Waals surface area contributed by atoms with Gasteiger partial charge in [-0.2, -0.15) is 5.26 Å². The van der Waals surface area contributed by atoms with Crippen LogP contribution in [0.5, 0.6) is 5.75 Å². The van der Waals surface area contributed by atoms with Crippen molar-refractivity contribution in [3.63, 3.8) is 0 Å². The Labute approximate surface area is 173 Å². The molecule has 0 radical (unpaired) electrons. The van der Waals surface area contributed by atoms with E-state index in [4.69, 9.17) is 4.74 Å². The highest BCUT2D eigenvalue weighted by molar-refractivity contribution is 6.07. The minimum absolute atomic E-state index is 0.0156. The van der Waals surface area contributed by atoms with Crippen LogP contribution >= 0.6 is 0 Å². The zero-order chi connectivity index (χ0) is 21.6. The van der Waals surface area contributed by atoms with Crippen LogP contribution < -0.4 is 15.4 Å². The van der Waals surface area contributed by atoms with Crippen LogP contribution in [0.15, 0.2) is 42.1 Å². The molecule has 29 heavy (non-hydrogen) atoms. The van der Waals surface area contributed by atoms with Crippen LogP contribution in [-0.2, 0) is 4.79 Å². The number of aryl methyl sites for hydroxylation is 4. The van der Waals surface area contributed by atoms with E-state index >= 15 is 0 Å². The van der Waals surface area contributed by atoms with Gasteiger partial charge in [0.25, 0.3) is 5.91 Å². The van der Waals surface area contributed by atoms with Crippen LogP contribution in [0, 0.1) is 39.0 Å². The maximum atomic E-state index is 12.6. The summed E-state index contributed by atoms with van der Waals surface area (Å²) < 4.78 is 5.70. The van der Waals surface area contributed by atoms with Crippen LogP contribution in [0.4, 0.5) is 5.69 Å². The molecule has 0 bridgehead atoms. The maximum Gasteiger partial charge on any atom is 0.267 e. The molecular formula is C24H29N3O2. The summed E-state index contributed by atoms with van der Waals surface area (Å²) in [7, 11) is 0. The average Bonchev–Trinajstić information content (AvgIpc) is 2.66. The zero-order valence-corrected chi connectivity index (χ0v) is 18.0. The van der Waals surface area contributed by atoms with Crippen LogP contribution in [0.2, 0.25) is 0 Å². The molecule has 1 amide bonds. The third-order valence-corrected chi connectivity index (χ3v) is 4.69. The van der Waals surface area contributed by atoms with E-state index < -0.39 is 5.91 Å². The van der Waals surface area contributed by atoms with Crippen LogP contribution in [0.3, 0.4) is 0 Å². The fraction of sp³-hybridized carbons (Fsp3) is 0.333. The Morgan fingerprint density at radius 3 is 2.38 bits per heavy atom. The molecule has 5 nitrogen and oxygen atoms in total. The van der Waals surface area contributed by atoms with E-state index in [1.807, 2.05) is 77.9 Å². The molecule has 5 heteroatoms. The van der Waals surface area contributed by atoms with Gasteiger partial charge in [-0.05, 0) is 58.7 Å². The summed E-state index contributed by atoms with van der Waals surface area (Å²) in [6.07, 6.45) is 1.47. The molecule has 2 N–H and O–H groups in total. The number of nitrogens with zero attached hydrogens (tertiary/aromatic N) is 1. The summed E-state index contributed by atoms with van der Waals surface area (Å²) in [4.78, 5) is 12.6. The second-order valence-electron chi connectivity index (χ2n) is 7.26. The van der Waals surface area contributed by atoms with Crippen molar-refractivity contribution >= 4 is 11.6 Å². The molecule has 0 heterocycles. The highest BCUT2D eigenvalue weighted by Crippen LogP contribution is 2.27. The second kappa shape index (κ2) is 9.79. The molecule has 0 aliphatic rings. The monoisotopic (exact) mass is 391 g/mol. The Kier molecular flexibility index (Phi) is 7.44. The van der Waals surface area contributed by atoms with Gasteiger partial charge >= 0.3 is 0 Å². The van der Waals surface area contributed by atoms with Crippen molar-refractivity contribution in [2.45, 2.75) is 47.6 Å². The van der Waals surface area contributed by atoms with Crippen molar-refractivity contribution in [2.24, 2.45) is 0 Å². The minimum Gasteiger partial charge on any atom is -0.494 e. The van der Waals surface area contributed by atoms with Gasteiger partial charge in [0.2, 0.25) is 0 Å². The Morgan fingerprint density at radius 1 is 1.14 bits per heavy atom. The van der Waals surface area contributed by atoms with Gasteiger partial charge < -0.3 is 15.4 Å². The van der Waals surface area contributed by atoms with Gasteiger partial charge in [0.1, 0.15) is 17.4 Å². The highest BCUT2D eigenvalue weighted by Gasteiger charge is 2.15. The number of hydrogen-bond donors (Lipinski definition) is 2. The summed E-state index contributed by atoms with van der Waals surface area (Å²) >= 11 is 0. The van der Waals surface area contributed by atoms with Gasteiger partial charge in [-0.1, -0.05) is 35.4 Å². The Bertz CT molecular complexity index is 948. The number of ether oxygens (including phenoxy) is 1. The highest BCUT2D eigenvalue weighted by atomic mass is 16.5. The third-order valence-electron chi connectivity index (χ3n) is 4.69. The number of anilines is 1. The first-order chi connectivity index (χ1) is 13.8.